The average Bonchev–Trinajstić information content (AvgIpc) is 3.38. The van der Waals surface area contributed by atoms with Gasteiger partial charge in [0, 0.05) is 24.7 Å². The number of halogens is 3. The Labute approximate surface area is 233 Å². The van der Waals surface area contributed by atoms with Crippen LogP contribution in [0, 0.1) is 17.5 Å². The molecule has 2 N–H and O–H groups in total. The minimum atomic E-state index is -1.56. The zero-order chi connectivity index (χ0) is 29.7. The molecule has 12 heteroatoms. The quantitative estimate of drug-likeness (QED) is 0.409. The third-order valence-corrected chi connectivity index (χ3v) is 6.58. The summed E-state index contributed by atoms with van der Waals surface area (Å²) in [6, 6.07) is 12.5. The first-order valence-corrected chi connectivity index (χ1v) is 12.5. The molecule has 0 aliphatic carbocycles. The first kappa shape index (κ1) is 29.1. The lowest BCUT2D eigenvalue weighted by Crippen LogP contribution is -2.54. The number of carboxylic acid groups (broad SMARTS) is 1. The fourth-order valence-corrected chi connectivity index (χ4v) is 4.62. The van der Waals surface area contributed by atoms with Crippen molar-refractivity contribution >= 4 is 23.7 Å². The van der Waals surface area contributed by atoms with E-state index in [2.05, 4.69) is 5.32 Å². The van der Waals surface area contributed by atoms with Gasteiger partial charge in [-0.15, -0.1) is 0 Å². The Hall–Kier alpha value is -4.87. The fourth-order valence-electron chi connectivity index (χ4n) is 4.62. The van der Waals surface area contributed by atoms with Crippen molar-refractivity contribution in [3.05, 3.63) is 101 Å². The summed E-state index contributed by atoms with van der Waals surface area (Å²) in [6.07, 6.45) is -2.27. The van der Waals surface area contributed by atoms with Crippen LogP contribution in [0.25, 0.3) is 0 Å². The third-order valence-electron chi connectivity index (χ3n) is 6.58. The number of nitrogens with zero attached hydrogens (tertiary/aromatic N) is 2. The number of carbonyl (C=O) groups excluding carboxylic acids is 3. The molecular weight excluding hydrogens is 543 g/mol. The number of benzene rings is 3. The van der Waals surface area contributed by atoms with Crippen molar-refractivity contribution in [2.45, 2.75) is 25.0 Å². The van der Waals surface area contributed by atoms with Crippen LogP contribution in [0.1, 0.15) is 33.9 Å². The van der Waals surface area contributed by atoms with E-state index in [1.54, 1.807) is 24.3 Å². The fraction of sp³-hybridized carbons (Fsp3) is 0.241. The van der Waals surface area contributed by atoms with Gasteiger partial charge in [-0.1, -0.05) is 24.3 Å². The van der Waals surface area contributed by atoms with Gasteiger partial charge in [0.2, 0.25) is 5.91 Å². The van der Waals surface area contributed by atoms with Crippen LogP contribution in [0.5, 0.6) is 5.75 Å². The van der Waals surface area contributed by atoms with E-state index in [0.717, 1.165) is 34.1 Å². The molecule has 0 radical (unpaired) electrons. The summed E-state index contributed by atoms with van der Waals surface area (Å²) in [5.74, 6) is -5.58. The second kappa shape index (κ2) is 12.5. The summed E-state index contributed by atoms with van der Waals surface area (Å²) in [5, 5.41) is 12.0. The second-order valence-electron chi connectivity index (χ2n) is 9.35. The number of carboxylic acids is 1. The normalized spacial score (nSPS) is 15.4. The molecule has 1 aliphatic heterocycles. The molecule has 0 bridgehead atoms. The monoisotopic (exact) mass is 569 g/mol. The highest BCUT2D eigenvalue weighted by atomic mass is 19.1. The summed E-state index contributed by atoms with van der Waals surface area (Å²) < 4.78 is 46.4. The molecule has 1 heterocycles. The standard InChI is InChI=1S/C29H26F3N3O6/c1-41-23-8-2-17(3-9-23)12-25(36)34-10-11-35(29(40)19-13-21(31)15-22(32)14-19)28(34)27(39)33-24(16-26(37)38)18-4-6-20(30)7-5-18/h2-9,13-15,24,28H,10-12,16H2,1H3,(H,33,39)(H,37,38). The van der Waals surface area contributed by atoms with E-state index in [1.807, 2.05) is 0 Å². The minimum absolute atomic E-state index is 0.0727. The van der Waals surface area contributed by atoms with Crippen molar-refractivity contribution in [1.82, 2.24) is 15.1 Å². The van der Waals surface area contributed by atoms with Gasteiger partial charge in [0.15, 0.2) is 6.17 Å². The molecule has 1 fully saturated rings. The van der Waals surface area contributed by atoms with Crippen LogP contribution in [0.15, 0.2) is 66.7 Å². The molecule has 0 aromatic heterocycles. The van der Waals surface area contributed by atoms with Gasteiger partial charge in [-0.25, -0.2) is 13.2 Å². The molecule has 4 rings (SSSR count). The molecule has 0 saturated carbocycles. The van der Waals surface area contributed by atoms with Crippen molar-refractivity contribution in [2.24, 2.45) is 0 Å². The van der Waals surface area contributed by atoms with E-state index in [4.69, 9.17) is 4.74 Å². The lowest BCUT2D eigenvalue weighted by Gasteiger charge is -2.31. The van der Waals surface area contributed by atoms with E-state index < -0.39 is 59.8 Å². The topological polar surface area (TPSA) is 116 Å². The summed E-state index contributed by atoms with van der Waals surface area (Å²) >= 11 is 0. The van der Waals surface area contributed by atoms with Gasteiger partial charge in [0.1, 0.15) is 23.2 Å². The Kier molecular flexibility index (Phi) is 8.91. The zero-order valence-electron chi connectivity index (χ0n) is 21.9. The maximum absolute atomic E-state index is 13.9. The summed E-state index contributed by atoms with van der Waals surface area (Å²) in [4.78, 5) is 54.1. The van der Waals surface area contributed by atoms with Crippen LogP contribution in [-0.2, 0) is 20.8 Å². The SMILES string of the molecule is COc1ccc(CC(=O)N2CCN(C(=O)c3cc(F)cc(F)c3)C2C(=O)NC(CC(=O)O)c2ccc(F)cc2)cc1. The Bertz CT molecular complexity index is 1430. The van der Waals surface area contributed by atoms with Crippen LogP contribution in [-0.4, -0.2) is 65.0 Å². The molecule has 214 valence electrons. The van der Waals surface area contributed by atoms with E-state index >= 15 is 0 Å². The predicted octanol–water partition coefficient (Wildman–Crippen LogP) is 3.30. The van der Waals surface area contributed by atoms with E-state index in [1.165, 1.54) is 19.2 Å². The lowest BCUT2D eigenvalue weighted by molar-refractivity contribution is -0.142. The number of carbonyl (C=O) groups is 4. The Balaban J connectivity index is 1.65. The van der Waals surface area contributed by atoms with Crippen molar-refractivity contribution in [2.75, 3.05) is 20.2 Å². The van der Waals surface area contributed by atoms with Crippen molar-refractivity contribution in [1.29, 1.82) is 0 Å². The molecule has 9 nitrogen and oxygen atoms in total. The predicted molar refractivity (Wildman–Crippen MR) is 139 cm³/mol. The number of methoxy groups -OCH3 is 1. The highest BCUT2D eigenvalue weighted by Gasteiger charge is 2.43. The lowest BCUT2D eigenvalue weighted by atomic mass is 10.0. The number of hydrogen-bond donors (Lipinski definition) is 2. The average molecular weight is 570 g/mol. The summed E-state index contributed by atoms with van der Waals surface area (Å²) in [7, 11) is 1.49. The molecule has 3 amide bonds. The highest BCUT2D eigenvalue weighted by molar-refractivity contribution is 5.99. The smallest absolute Gasteiger partial charge is 0.305 e. The van der Waals surface area contributed by atoms with Crippen LogP contribution in [0.4, 0.5) is 13.2 Å². The Morgan fingerprint density at radius 1 is 0.902 bits per heavy atom. The van der Waals surface area contributed by atoms with Crippen LogP contribution >= 0.6 is 0 Å². The summed E-state index contributed by atoms with van der Waals surface area (Å²) in [5.41, 5.74) is 0.508. The van der Waals surface area contributed by atoms with Gasteiger partial charge in [-0.2, -0.15) is 0 Å². The zero-order valence-corrected chi connectivity index (χ0v) is 21.9. The van der Waals surface area contributed by atoms with E-state index in [-0.39, 0.29) is 30.6 Å². The Morgan fingerprint density at radius 3 is 2.10 bits per heavy atom. The molecule has 0 spiro atoms. The molecule has 2 unspecified atom stereocenters. The summed E-state index contributed by atoms with van der Waals surface area (Å²) in [6.45, 7) is -0.208. The number of rotatable bonds is 9. The first-order chi connectivity index (χ1) is 19.5. The largest absolute Gasteiger partial charge is 0.497 e. The maximum Gasteiger partial charge on any atom is 0.305 e. The molecule has 1 saturated heterocycles. The van der Waals surface area contributed by atoms with Crippen molar-refractivity contribution < 1.29 is 42.2 Å². The minimum Gasteiger partial charge on any atom is -0.497 e. The van der Waals surface area contributed by atoms with Gasteiger partial charge in [-0.05, 0) is 47.5 Å². The van der Waals surface area contributed by atoms with Crippen molar-refractivity contribution in [3.63, 3.8) is 0 Å². The highest BCUT2D eigenvalue weighted by Crippen LogP contribution is 2.24. The number of amides is 3. The Morgan fingerprint density at radius 2 is 1.51 bits per heavy atom. The number of hydrogen-bond acceptors (Lipinski definition) is 5. The first-order valence-electron chi connectivity index (χ1n) is 12.5. The van der Waals surface area contributed by atoms with E-state index in [0.29, 0.717) is 17.4 Å². The third kappa shape index (κ3) is 7.02. The molecule has 2 atom stereocenters. The maximum atomic E-state index is 13.9. The second-order valence-corrected chi connectivity index (χ2v) is 9.35. The van der Waals surface area contributed by atoms with Gasteiger partial charge in [0.05, 0.1) is 26.0 Å². The molecule has 3 aromatic carbocycles. The molecule has 41 heavy (non-hydrogen) atoms. The van der Waals surface area contributed by atoms with E-state index in [9.17, 15) is 37.5 Å². The number of ether oxygens (including phenoxy) is 1. The number of nitrogens with one attached hydrogen (secondary N) is 1. The van der Waals surface area contributed by atoms with Gasteiger partial charge in [-0.3, -0.25) is 19.2 Å². The van der Waals surface area contributed by atoms with Crippen LogP contribution < -0.4 is 10.1 Å². The molecule has 3 aromatic rings. The molecular formula is C29H26F3N3O6. The van der Waals surface area contributed by atoms with Gasteiger partial charge >= 0.3 is 5.97 Å². The molecule has 1 aliphatic rings. The van der Waals surface area contributed by atoms with Gasteiger partial charge < -0.3 is 25.0 Å². The van der Waals surface area contributed by atoms with Gasteiger partial charge in [0.25, 0.3) is 11.8 Å². The number of aliphatic carboxylic acids is 1. The van der Waals surface area contributed by atoms with Crippen LogP contribution in [0.3, 0.4) is 0 Å². The van der Waals surface area contributed by atoms with Crippen molar-refractivity contribution in [3.8, 4) is 5.75 Å². The van der Waals surface area contributed by atoms with Crippen LogP contribution in [0.2, 0.25) is 0 Å².